The van der Waals surface area contributed by atoms with Crippen molar-refractivity contribution in [3.05, 3.63) is 94.1 Å². The molecule has 5 aliphatic carbocycles. The van der Waals surface area contributed by atoms with Gasteiger partial charge in [0.05, 0.1) is 28.9 Å². The fourth-order valence-electron chi connectivity index (χ4n) is 12.3. The van der Waals surface area contributed by atoms with Crippen LogP contribution in [0.5, 0.6) is 0 Å². The number of carbonyl (C=O) groups excluding carboxylic acids is 2. The predicted octanol–water partition coefficient (Wildman–Crippen LogP) is 10.2. The first kappa shape index (κ1) is 38.1. The fourth-order valence-corrected chi connectivity index (χ4v) is 12.3. The van der Waals surface area contributed by atoms with Gasteiger partial charge < -0.3 is 19.7 Å². The lowest BCUT2D eigenvalue weighted by atomic mass is 9.35. The molecule has 3 saturated carbocycles. The summed E-state index contributed by atoms with van der Waals surface area (Å²) in [6.45, 7) is 16.8. The van der Waals surface area contributed by atoms with Crippen molar-refractivity contribution in [1.82, 2.24) is 0 Å². The standard InChI is InChI=1S/C46H56O8/c1-41(2)34-18-21-46(7)35(44(34,5)20-19-36(41)54-40(52)31-15-11-9-13-29(31)38(49)50)17-16-32-33-26-42(3,22-23-43(33,4)24-25-45(32,46)6)27-53-39(51)30-14-10-8-12-28(30)37(47)48/h8-17,34-36H,18-27H2,1-7H3,(H,47,48)(H,49,50)/t34-,35+,36?,42-,43+,44-,45+,46+/m0/s1. The van der Waals surface area contributed by atoms with Gasteiger partial charge in [0.2, 0.25) is 0 Å². The van der Waals surface area contributed by atoms with Crippen LogP contribution in [0.2, 0.25) is 0 Å². The highest BCUT2D eigenvalue weighted by Gasteiger charge is 2.67. The van der Waals surface area contributed by atoms with Gasteiger partial charge in [-0.05, 0) is 121 Å². The van der Waals surface area contributed by atoms with Crippen molar-refractivity contribution in [2.24, 2.45) is 44.3 Å². The zero-order valence-corrected chi connectivity index (χ0v) is 32.9. The molecule has 7 rings (SSSR count). The van der Waals surface area contributed by atoms with Gasteiger partial charge in [-0.1, -0.05) is 90.5 Å². The van der Waals surface area contributed by atoms with E-state index in [-0.39, 0.29) is 67.5 Å². The molecule has 8 nitrogen and oxygen atoms in total. The monoisotopic (exact) mass is 736 g/mol. The normalized spacial score (nSPS) is 36.5. The van der Waals surface area contributed by atoms with Crippen molar-refractivity contribution in [3.8, 4) is 0 Å². The SMILES string of the molecule is CC1(C)C(OC(=O)c2ccccc2C(=O)O)CC[C@]2(C)[C@H]3C=CC4=C5C[C@@](C)(COC(=O)c6ccccc6C(=O)O)CC[C@]5(C)CC[C@@]4(C)[C@]3(C)CC[C@@H]12. The molecule has 0 radical (unpaired) electrons. The number of rotatable bonds is 7. The minimum atomic E-state index is -1.14. The van der Waals surface area contributed by atoms with Crippen LogP contribution < -0.4 is 0 Å². The summed E-state index contributed by atoms with van der Waals surface area (Å²) in [6, 6.07) is 12.5. The number of hydrogen-bond donors (Lipinski definition) is 2. The Kier molecular flexibility index (Phi) is 9.13. The van der Waals surface area contributed by atoms with E-state index in [1.54, 1.807) is 24.3 Å². The van der Waals surface area contributed by atoms with Gasteiger partial charge in [-0.2, -0.15) is 0 Å². The average Bonchev–Trinajstić information content (AvgIpc) is 3.13. The maximum absolute atomic E-state index is 13.5. The smallest absolute Gasteiger partial charge is 0.339 e. The van der Waals surface area contributed by atoms with Crippen LogP contribution in [0, 0.1) is 44.3 Å². The van der Waals surface area contributed by atoms with Crippen LogP contribution in [0.4, 0.5) is 0 Å². The number of allylic oxidation sites excluding steroid dienone is 4. The second-order valence-electron chi connectivity index (χ2n) is 19.2. The minimum absolute atomic E-state index is 0.0114. The highest BCUT2D eigenvalue weighted by atomic mass is 16.5. The van der Waals surface area contributed by atoms with Gasteiger partial charge in [-0.3, -0.25) is 0 Å². The van der Waals surface area contributed by atoms with Gasteiger partial charge in [0.1, 0.15) is 6.10 Å². The molecule has 3 fully saturated rings. The number of ether oxygens (including phenoxy) is 2. The summed E-state index contributed by atoms with van der Waals surface area (Å²) in [5.41, 5.74) is 2.50. The van der Waals surface area contributed by atoms with E-state index < -0.39 is 23.9 Å². The number of carboxylic acid groups (broad SMARTS) is 2. The van der Waals surface area contributed by atoms with E-state index in [1.807, 2.05) is 0 Å². The Hall–Kier alpha value is -4.20. The number of benzene rings is 2. The van der Waals surface area contributed by atoms with Gasteiger partial charge in [0.15, 0.2) is 0 Å². The van der Waals surface area contributed by atoms with Crippen LogP contribution in [-0.2, 0) is 9.47 Å². The lowest BCUT2D eigenvalue weighted by Gasteiger charge is -2.69. The molecule has 8 heteroatoms. The zero-order valence-electron chi connectivity index (χ0n) is 32.9. The Morgan fingerprint density at radius 1 is 0.704 bits per heavy atom. The molecule has 0 spiro atoms. The highest BCUT2D eigenvalue weighted by Crippen LogP contribution is 2.74. The molecule has 0 aromatic heterocycles. The molecule has 54 heavy (non-hydrogen) atoms. The molecule has 2 aromatic rings. The number of carboxylic acids is 2. The summed E-state index contributed by atoms with van der Waals surface area (Å²) >= 11 is 0. The van der Waals surface area contributed by atoms with E-state index in [1.165, 1.54) is 35.4 Å². The van der Waals surface area contributed by atoms with Gasteiger partial charge >= 0.3 is 23.9 Å². The molecular weight excluding hydrogens is 680 g/mol. The number of hydrogen-bond acceptors (Lipinski definition) is 6. The van der Waals surface area contributed by atoms with Crippen LogP contribution >= 0.6 is 0 Å². The minimum Gasteiger partial charge on any atom is -0.478 e. The first-order valence-electron chi connectivity index (χ1n) is 19.7. The number of esters is 2. The quantitative estimate of drug-likeness (QED) is 0.269. The maximum atomic E-state index is 13.5. The Morgan fingerprint density at radius 2 is 1.28 bits per heavy atom. The molecule has 2 aromatic carbocycles. The van der Waals surface area contributed by atoms with E-state index in [4.69, 9.17) is 9.47 Å². The summed E-state index contributed by atoms with van der Waals surface area (Å²) < 4.78 is 12.1. The van der Waals surface area contributed by atoms with Crippen molar-refractivity contribution >= 4 is 23.9 Å². The molecule has 1 unspecified atom stereocenters. The fraction of sp³-hybridized carbons (Fsp3) is 0.565. The summed E-state index contributed by atoms with van der Waals surface area (Å²) in [5.74, 6) is -2.81. The highest BCUT2D eigenvalue weighted by molar-refractivity contribution is 6.03. The van der Waals surface area contributed by atoms with Crippen LogP contribution in [-0.4, -0.2) is 46.8 Å². The third-order valence-electron chi connectivity index (χ3n) is 15.8. The molecule has 0 amide bonds. The zero-order chi connectivity index (χ0) is 39.1. The van der Waals surface area contributed by atoms with Gasteiger partial charge in [0.25, 0.3) is 0 Å². The molecular formula is C46H56O8. The molecule has 0 aliphatic heterocycles. The average molecular weight is 737 g/mol. The third kappa shape index (κ3) is 5.76. The Bertz CT molecular complexity index is 1970. The van der Waals surface area contributed by atoms with Crippen molar-refractivity contribution in [2.75, 3.05) is 6.61 Å². The maximum Gasteiger partial charge on any atom is 0.339 e. The molecule has 2 N–H and O–H groups in total. The number of carbonyl (C=O) groups is 4. The van der Waals surface area contributed by atoms with Crippen molar-refractivity contribution < 1.29 is 38.9 Å². The third-order valence-corrected chi connectivity index (χ3v) is 15.8. The van der Waals surface area contributed by atoms with E-state index in [0.29, 0.717) is 11.8 Å². The van der Waals surface area contributed by atoms with E-state index in [2.05, 4.69) is 60.6 Å². The first-order valence-corrected chi connectivity index (χ1v) is 19.7. The Labute approximate surface area is 319 Å². The van der Waals surface area contributed by atoms with Crippen LogP contribution in [0.15, 0.2) is 71.8 Å². The van der Waals surface area contributed by atoms with E-state index in [0.717, 1.165) is 57.8 Å². The summed E-state index contributed by atoms with van der Waals surface area (Å²) in [5, 5.41) is 19.3. The summed E-state index contributed by atoms with van der Waals surface area (Å²) in [7, 11) is 0. The van der Waals surface area contributed by atoms with Gasteiger partial charge in [-0.25, -0.2) is 19.2 Å². The molecule has 0 saturated heterocycles. The number of aromatic carboxylic acids is 2. The molecule has 0 heterocycles. The van der Waals surface area contributed by atoms with Crippen molar-refractivity contribution in [3.63, 3.8) is 0 Å². The van der Waals surface area contributed by atoms with Crippen LogP contribution in [0.25, 0.3) is 0 Å². The Morgan fingerprint density at radius 3 is 1.89 bits per heavy atom. The van der Waals surface area contributed by atoms with Crippen molar-refractivity contribution in [1.29, 1.82) is 0 Å². The van der Waals surface area contributed by atoms with Gasteiger partial charge in [0, 0.05) is 10.8 Å². The van der Waals surface area contributed by atoms with Gasteiger partial charge in [-0.15, -0.1) is 0 Å². The summed E-state index contributed by atoms with van der Waals surface area (Å²) in [4.78, 5) is 50.3. The van der Waals surface area contributed by atoms with E-state index in [9.17, 15) is 29.4 Å². The molecule has 8 atom stereocenters. The lowest BCUT2D eigenvalue weighted by molar-refractivity contribution is -0.183. The molecule has 0 bridgehead atoms. The van der Waals surface area contributed by atoms with Crippen molar-refractivity contribution in [2.45, 2.75) is 112 Å². The lowest BCUT2D eigenvalue weighted by Crippen LogP contribution is -2.63. The van der Waals surface area contributed by atoms with Crippen LogP contribution in [0.1, 0.15) is 148 Å². The van der Waals surface area contributed by atoms with Crippen LogP contribution in [0.3, 0.4) is 0 Å². The second kappa shape index (κ2) is 12.9. The predicted molar refractivity (Wildman–Crippen MR) is 205 cm³/mol. The topological polar surface area (TPSA) is 127 Å². The van der Waals surface area contributed by atoms with E-state index >= 15 is 0 Å². The molecule has 5 aliphatic rings. The largest absolute Gasteiger partial charge is 0.478 e. The summed E-state index contributed by atoms with van der Waals surface area (Å²) in [6.07, 6.45) is 13.4. The number of fused-ring (bicyclic) bond motifs is 6. The second-order valence-corrected chi connectivity index (χ2v) is 19.2. The molecule has 288 valence electrons. The first-order chi connectivity index (χ1) is 25.3. The Balaban J connectivity index is 1.15.